The maximum absolute atomic E-state index is 12.6. The second kappa shape index (κ2) is 3.68. The number of halogens is 4. The second-order valence-electron chi connectivity index (χ2n) is 2.44. The smallest absolute Gasteiger partial charge is 0.293 e. The van der Waals surface area contributed by atoms with Gasteiger partial charge in [-0.3, -0.25) is 4.79 Å². The van der Waals surface area contributed by atoms with Gasteiger partial charge in [0.2, 0.25) is 5.78 Å². The summed E-state index contributed by atoms with van der Waals surface area (Å²) in [6.07, 6.45) is 0. The van der Waals surface area contributed by atoms with Gasteiger partial charge in [0.05, 0.1) is 0 Å². The summed E-state index contributed by atoms with van der Waals surface area (Å²) in [5.74, 6) is -5.62. The van der Waals surface area contributed by atoms with Gasteiger partial charge in [0.1, 0.15) is 0 Å². The van der Waals surface area contributed by atoms with E-state index in [0.29, 0.717) is 0 Å². The van der Waals surface area contributed by atoms with E-state index < -0.39 is 22.5 Å². The molecule has 0 aromatic rings. The predicted octanol–water partition coefficient (Wildman–Crippen LogP) is 2.65. The van der Waals surface area contributed by atoms with Crippen molar-refractivity contribution in [3.8, 4) is 0 Å². The SMILES string of the molecule is CC(C)C(=O)C(F)(F)C(Cl)Cl. The number of ketones is 1. The zero-order chi connectivity index (χ0) is 9.23. The molecular weight excluding hydrogens is 197 g/mol. The lowest BCUT2D eigenvalue weighted by Crippen LogP contribution is -2.38. The third-order valence-electron chi connectivity index (χ3n) is 1.13. The van der Waals surface area contributed by atoms with Crippen LogP contribution in [0.5, 0.6) is 0 Å². The molecule has 0 aromatic carbocycles. The van der Waals surface area contributed by atoms with Crippen LogP contribution in [0.1, 0.15) is 13.8 Å². The Morgan fingerprint density at radius 3 is 1.82 bits per heavy atom. The topological polar surface area (TPSA) is 17.1 Å². The predicted molar refractivity (Wildman–Crippen MR) is 40.3 cm³/mol. The van der Waals surface area contributed by atoms with Crippen molar-refractivity contribution in [2.45, 2.75) is 24.6 Å². The van der Waals surface area contributed by atoms with Crippen LogP contribution in [0.2, 0.25) is 0 Å². The highest BCUT2D eigenvalue weighted by Crippen LogP contribution is 2.29. The molecule has 0 rings (SSSR count). The van der Waals surface area contributed by atoms with E-state index >= 15 is 0 Å². The normalized spacial score (nSPS) is 12.7. The minimum Gasteiger partial charge on any atom is -0.293 e. The molecule has 0 unspecified atom stereocenters. The Bertz CT molecular complexity index is 157. The molecule has 0 N–H and O–H groups in total. The molecule has 66 valence electrons. The van der Waals surface area contributed by atoms with Crippen LogP contribution >= 0.6 is 23.2 Å². The Hall–Kier alpha value is 0.110. The zero-order valence-corrected chi connectivity index (χ0v) is 7.59. The summed E-state index contributed by atoms with van der Waals surface area (Å²) in [4.78, 5) is 8.73. The first-order valence-electron chi connectivity index (χ1n) is 3.00. The lowest BCUT2D eigenvalue weighted by atomic mass is 10.0. The summed E-state index contributed by atoms with van der Waals surface area (Å²) in [5.41, 5.74) is 0. The van der Waals surface area contributed by atoms with Crippen LogP contribution in [0.15, 0.2) is 0 Å². The van der Waals surface area contributed by atoms with Crippen molar-refractivity contribution in [2.24, 2.45) is 5.92 Å². The Morgan fingerprint density at radius 1 is 1.36 bits per heavy atom. The lowest BCUT2D eigenvalue weighted by Gasteiger charge is -2.17. The number of hydrogen-bond acceptors (Lipinski definition) is 1. The fourth-order valence-electron chi connectivity index (χ4n) is 0.492. The van der Waals surface area contributed by atoms with E-state index in [9.17, 15) is 13.6 Å². The first-order chi connectivity index (χ1) is 4.80. The van der Waals surface area contributed by atoms with E-state index in [1.807, 2.05) is 0 Å². The Balaban J connectivity index is 4.43. The summed E-state index contributed by atoms with van der Waals surface area (Å²) < 4.78 is 25.2. The summed E-state index contributed by atoms with van der Waals surface area (Å²) >= 11 is 9.81. The number of carbonyl (C=O) groups excluding carboxylic acids is 1. The van der Waals surface area contributed by atoms with Crippen LogP contribution in [0.3, 0.4) is 0 Å². The van der Waals surface area contributed by atoms with Crippen molar-refractivity contribution in [1.82, 2.24) is 0 Å². The van der Waals surface area contributed by atoms with Crippen LogP contribution < -0.4 is 0 Å². The molecule has 0 spiro atoms. The maximum atomic E-state index is 12.6. The molecule has 0 saturated carbocycles. The van der Waals surface area contributed by atoms with Gasteiger partial charge in [0.25, 0.3) is 0 Å². The Labute approximate surface area is 73.7 Å². The molecule has 0 fully saturated rings. The summed E-state index contributed by atoms with van der Waals surface area (Å²) in [6, 6.07) is 0. The molecule has 0 atom stereocenters. The van der Waals surface area contributed by atoms with Gasteiger partial charge < -0.3 is 0 Å². The van der Waals surface area contributed by atoms with Crippen LogP contribution in [-0.2, 0) is 4.79 Å². The third kappa shape index (κ3) is 2.56. The van der Waals surface area contributed by atoms with E-state index in [0.717, 1.165) is 0 Å². The van der Waals surface area contributed by atoms with Gasteiger partial charge in [-0.15, -0.1) is 0 Å². The molecular formula is C6H8Cl2F2O. The quantitative estimate of drug-likeness (QED) is 0.647. The molecule has 0 saturated heterocycles. The Kier molecular flexibility index (Phi) is 3.71. The largest absolute Gasteiger partial charge is 0.334 e. The van der Waals surface area contributed by atoms with Crippen molar-refractivity contribution < 1.29 is 13.6 Å². The van der Waals surface area contributed by atoms with Gasteiger partial charge in [0.15, 0.2) is 4.84 Å². The molecule has 0 amide bonds. The van der Waals surface area contributed by atoms with Crippen LogP contribution in [0.25, 0.3) is 0 Å². The molecule has 5 heteroatoms. The maximum Gasteiger partial charge on any atom is 0.334 e. The Morgan fingerprint density at radius 2 is 1.73 bits per heavy atom. The zero-order valence-electron chi connectivity index (χ0n) is 6.07. The molecule has 0 radical (unpaired) electrons. The lowest BCUT2D eigenvalue weighted by molar-refractivity contribution is -0.144. The first kappa shape index (κ1) is 11.1. The molecule has 1 nitrogen and oxygen atoms in total. The van der Waals surface area contributed by atoms with Crippen molar-refractivity contribution in [3.05, 3.63) is 0 Å². The van der Waals surface area contributed by atoms with Gasteiger partial charge >= 0.3 is 5.92 Å². The summed E-state index contributed by atoms with van der Waals surface area (Å²) in [7, 11) is 0. The van der Waals surface area contributed by atoms with Gasteiger partial charge in [0, 0.05) is 5.92 Å². The minimum absolute atomic E-state index is 0.759. The number of alkyl halides is 4. The van der Waals surface area contributed by atoms with Crippen molar-refractivity contribution in [3.63, 3.8) is 0 Å². The van der Waals surface area contributed by atoms with Gasteiger partial charge in [-0.05, 0) is 0 Å². The third-order valence-corrected chi connectivity index (χ3v) is 1.68. The van der Waals surface area contributed by atoms with E-state index in [-0.39, 0.29) is 0 Å². The van der Waals surface area contributed by atoms with Crippen molar-refractivity contribution in [2.75, 3.05) is 0 Å². The molecule has 0 aliphatic rings. The number of Topliss-reactive ketones (excluding diaryl/α,β-unsaturated/α-hetero) is 1. The van der Waals surface area contributed by atoms with Crippen LogP contribution in [-0.4, -0.2) is 16.5 Å². The fourth-order valence-corrected chi connectivity index (χ4v) is 0.707. The summed E-state index contributed by atoms with van der Waals surface area (Å²) in [6.45, 7) is 2.73. The molecule has 0 aliphatic heterocycles. The van der Waals surface area contributed by atoms with Crippen LogP contribution in [0.4, 0.5) is 8.78 Å². The van der Waals surface area contributed by atoms with E-state index in [4.69, 9.17) is 23.2 Å². The monoisotopic (exact) mass is 204 g/mol. The van der Waals surface area contributed by atoms with E-state index in [2.05, 4.69) is 0 Å². The number of hydrogen-bond donors (Lipinski definition) is 0. The molecule has 0 bridgehead atoms. The standard InChI is InChI=1S/C6H8Cl2F2O/c1-3(2)4(11)6(9,10)5(7)8/h3,5H,1-2H3. The van der Waals surface area contributed by atoms with Gasteiger partial charge in [-0.25, -0.2) is 0 Å². The van der Waals surface area contributed by atoms with Gasteiger partial charge in [-0.1, -0.05) is 37.0 Å². The van der Waals surface area contributed by atoms with Crippen LogP contribution in [0, 0.1) is 5.92 Å². The highest BCUT2D eigenvalue weighted by molar-refractivity contribution is 6.46. The minimum atomic E-state index is -3.63. The fraction of sp³-hybridized carbons (Fsp3) is 0.833. The number of carbonyl (C=O) groups is 1. The number of rotatable bonds is 3. The molecule has 0 aliphatic carbocycles. The van der Waals surface area contributed by atoms with Gasteiger partial charge in [-0.2, -0.15) is 8.78 Å². The summed E-state index contributed by atoms with van der Waals surface area (Å²) in [5, 5.41) is 0. The first-order valence-corrected chi connectivity index (χ1v) is 3.87. The molecule has 0 heterocycles. The average molecular weight is 205 g/mol. The second-order valence-corrected chi connectivity index (χ2v) is 3.54. The average Bonchev–Trinajstić information content (AvgIpc) is 1.85. The van der Waals surface area contributed by atoms with Crippen molar-refractivity contribution in [1.29, 1.82) is 0 Å². The highest BCUT2D eigenvalue weighted by atomic mass is 35.5. The molecule has 0 aromatic heterocycles. The highest BCUT2D eigenvalue weighted by Gasteiger charge is 2.46. The van der Waals surface area contributed by atoms with Crippen molar-refractivity contribution >= 4 is 29.0 Å². The van der Waals surface area contributed by atoms with E-state index in [1.165, 1.54) is 13.8 Å². The van der Waals surface area contributed by atoms with E-state index in [1.54, 1.807) is 0 Å². The molecule has 11 heavy (non-hydrogen) atoms.